The summed E-state index contributed by atoms with van der Waals surface area (Å²) in [4.78, 5) is 13.0. The Hall–Kier alpha value is -1.63. The second-order valence-corrected chi connectivity index (χ2v) is 8.90. The topological polar surface area (TPSA) is 38.3 Å². The molecule has 1 aliphatic heterocycles. The second kappa shape index (κ2) is 7.55. The summed E-state index contributed by atoms with van der Waals surface area (Å²) in [6.45, 7) is 4.32. The highest BCUT2D eigenvalue weighted by molar-refractivity contribution is 8.00. The van der Waals surface area contributed by atoms with Crippen LogP contribution in [0.2, 0.25) is 0 Å². The zero-order valence-corrected chi connectivity index (χ0v) is 17.0. The second-order valence-electron chi connectivity index (χ2n) is 6.75. The zero-order valence-electron chi connectivity index (χ0n) is 15.4. The van der Waals surface area contributed by atoms with Crippen LogP contribution in [0, 0.1) is 6.92 Å². The molecule has 4 nitrogen and oxygen atoms in total. The standard InChI is InChI=1S/C20H23N3OS2/c1-13-21-19-18(20(22-13)26-16-8-10-23(2)11-9-16)17(12-25-19)14-4-6-15(24-3)7-5-14/h4-7,12,16H,8-11H2,1-3H3. The first-order chi connectivity index (χ1) is 12.6. The highest BCUT2D eigenvalue weighted by Gasteiger charge is 2.22. The highest BCUT2D eigenvalue weighted by atomic mass is 32.2. The molecule has 0 N–H and O–H groups in total. The van der Waals surface area contributed by atoms with Gasteiger partial charge >= 0.3 is 0 Å². The molecule has 0 amide bonds. The van der Waals surface area contributed by atoms with Crippen LogP contribution >= 0.6 is 23.1 Å². The van der Waals surface area contributed by atoms with Crippen molar-refractivity contribution in [2.75, 3.05) is 27.2 Å². The number of methoxy groups -OCH3 is 1. The Labute approximate surface area is 162 Å². The molecule has 1 aromatic carbocycles. The van der Waals surface area contributed by atoms with Crippen LogP contribution in [0.15, 0.2) is 34.7 Å². The van der Waals surface area contributed by atoms with Gasteiger partial charge in [-0.2, -0.15) is 0 Å². The first kappa shape index (κ1) is 17.8. The first-order valence-electron chi connectivity index (χ1n) is 8.89. The highest BCUT2D eigenvalue weighted by Crippen LogP contribution is 2.41. The van der Waals surface area contributed by atoms with Crippen molar-refractivity contribution in [3.05, 3.63) is 35.5 Å². The number of aromatic nitrogens is 2. The molecule has 0 unspecified atom stereocenters. The Bertz CT molecular complexity index is 899. The van der Waals surface area contributed by atoms with Crippen LogP contribution < -0.4 is 4.74 Å². The molecule has 0 radical (unpaired) electrons. The van der Waals surface area contributed by atoms with E-state index in [1.54, 1.807) is 18.4 Å². The van der Waals surface area contributed by atoms with E-state index >= 15 is 0 Å². The van der Waals surface area contributed by atoms with E-state index in [0.717, 1.165) is 21.4 Å². The molecule has 0 saturated carbocycles. The van der Waals surface area contributed by atoms with E-state index in [9.17, 15) is 0 Å². The van der Waals surface area contributed by atoms with Crippen LogP contribution in [0.3, 0.4) is 0 Å². The largest absolute Gasteiger partial charge is 0.497 e. The molecule has 2 aromatic heterocycles. The smallest absolute Gasteiger partial charge is 0.128 e. The van der Waals surface area contributed by atoms with Crippen LogP contribution in [0.5, 0.6) is 5.75 Å². The van der Waals surface area contributed by atoms with Crippen molar-refractivity contribution in [1.29, 1.82) is 0 Å². The summed E-state index contributed by atoms with van der Waals surface area (Å²) in [5.41, 5.74) is 2.41. The van der Waals surface area contributed by atoms with Gasteiger partial charge in [0.15, 0.2) is 0 Å². The van der Waals surface area contributed by atoms with Crippen molar-refractivity contribution < 1.29 is 4.74 Å². The number of thioether (sulfide) groups is 1. The van der Waals surface area contributed by atoms with Crippen molar-refractivity contribution in [1.82, 2.24) is 14.9 Å². The summed E-state index contributed by atoms with van der Waals surface area (Å²) in [6, 6.07) is 8.25. The van der Waals surface area contributed by atoms with Crippen LogP contribution in [0.1, 0.15) is 18.7 Å². The zero-order chi connectivity index (χ0) is 18.1. The molecule has 1 aliphatic rings. The maximum Gasteiger partial charge on any atom is 0.128 e. The van der Waals surface area contributed by atoms with Gasteiger partial charge in [-0.3, -0.25) is 0 Å². The van der Waals surface area contributed by atoms with Gasteiger partial charge in [-0.15, -0.1) is 23.1 Å². The number of hydrogen-bond acceptors (Lipinski definition) is 6. The normalized spacial score (nSPS) is 16.3. The van der Waals surface area contributed by atoms with E-state index in [-0.39, 0.29) is 0 Å². The van der Waals surface area contributed by atoms with Crippen molar-refractivity contribution >= 4 is 33.3 Å². The molecule has 0 bridgehead atoms. The summed E-state index contributed by atoms with van der Waals surface area (Å²) < 4.78 is 5.29. The van der Waals surface area contributed by atoms with E-state index in [2.05, 4.69) is 34.4 Å². The predicted molar refractivity (Wildman–Crippen MR) is 111 cm³/mol. The van der Waals surface area contributed by atoms with Gasteiger partial charge in [0, 0.05) is 16.2 Å². The molecular formula is C20H23N3OS2. The SMILES string of the molecule is COc1ccc(-c2csc3nc(C)nc(SC4CCN(C)CC4)c23)cc1. The molecule has 1 fully saturated rings. The number of hydrogen-bond donors (Lipinski definition) is 0. The number of piperidine rings is 1. The summed E-state index contributed by atoms with van der Waals surface area (Å²) in [7, 11) is 3.90. The molecule has 0 aliphatic carbocycles. The molecule has 6 heteroatoms. The predicted octanol–water partition coefficient (Wildman–Crippen LogP) is 4.86. The molecule has 3 heterocycles. The lowest BCUT2D eigenvalue weighted by atomic mass is 10.1. The van der Waals surface area contributed by atoms with E-state index in [0.29, 0.717) is 5.25 Å². The van der Waals surface area contributed by atoms with E-state index in [1.165, 1.54) is 42.4 Å². The van der Waals surface area contributed by atoms with Crippen molar-refractivity contribution in [2.24, 2.45) is 0 Å². The lowest BCUT2D eigenvalue weighted by molar-refractivity contribution is 0.282. The van der Waals surface area contributed by atoms with Gasteiger partial charge in [0.05, 0.1) is 12.5 Å². The quantitative estimate of drug-likeness (QED) is 0.600. The average Bonchev–Trinajstić information content (AvgIpc) is 3.07. The molecule has 0 atom stereocenters. The Morgan fingerprint density at radius 2 is 1.88 bits per heavy atom. The fraction of sp³-hybridized carbons (Fsp3) is 0.400. The molecule has 3 aromatic rings. The monoisotopic (exact) mass is 385 g/mol. The maximum absolute atomic E-state index is 5.29. The number of rotatable bonds is 4. The van der Waals surface area contributed by atoms with Gasteiger partial charge in [0.1, 0.15) is 21.4 Å². The van der Waals surface area contributed by atoms with Gasteiger partial charge < -0.3 is 9.64 Å². The Kier molecular flexibility index (Phi) is 5.16. The summed E-state index contributed by atoms with van der Waals surface area (Å²) in [6.07, 6.45) is 2.43. The number of nitrogens with zero attached hydrogens (tertiary/aromatic N) is 3. The number of likely N-dealkylation sites (tertiary alicyclic amines) is 1. The van der Waals surface area contributed by atoms with Gasteiger partial charge in [0.25, 0.3) is 0 Å². The van der Waals surface area contributed by atoms with Crippen LogP contribution in [0.4, 0.5) is 0 Å². The minimum absolute atomic E-state index is 0.632. The number of ether oxygens (including phenoxy) is 1. The molecule has 0 spiro atoms. The number of aryl methyl sites for hydroxylation is 1. The minimum Gasteiger partial charge on any atom is -0.497 e. The maximum atomic E-state index is 5.29. The van der Waals surface area contributed by atoms with Crippen molar-refractivity contribution in [3.63, 3.8) is 0 Å². The van der Waals surface area contributed by atoms with Gasteiger partial charge in [-0.05, 0) is 57.6 Å². The fourth-order valence-electron chi connectivity index (χ4n) is 3.34. The number of thiophene rings is 1. The third kappa shape index (κ3) is 3.59. The molecular weight excluding hydrogens is 362 g/mol. The van der Waals surface area contributed by atoms with Gasteiger partial charge in [-0.25, -0.2) is 9.97 Å². The van der Waals surface area contributed by atoms with Crippen LogP contribution in [-0.4, -0.2) is 47.4 Å². The number of fused-ring (bicyclic) bond motifs is 1. The van der Waals surface area contributed by atoms with Crippen LogP contribution in [-0.2, 0) is 0 Å². The molecule has 4 rings (SSSR count). The number of benzene rings is 1. The first-order valence-corrected chi connectivity index (χ1v) is 10.7. The minimum atomic E-state index is 0.632. The molecule has 26 heavy (non-hydrogen) atoms. The Morgan fingerprint density at radius 3 is 2.58 bits per heavy atom. The van der Waals surface area contributed by atoms with Crippen molar-refractivity contribution in [2.45, 2.75) is 30.0 Å². The Morgan fingerprint density at radius 1 is 1.15 bits per heavy atom. The van der Waals surface area contributed by atoms with E-state index in [1.807, 2.05) is 30.8 Å². The summed E-state index contributed by atoms with van der Waals surface area (Å²) >= 11 is 3.64. The van der Waals surface area contributed by atoms with Crippen molar-refractivity contribution in [3.8, 4) is 16.9 Å². The van der Waals surface area contributed by atoms with Crippen LogP contribution in [0.25, 0.3) is 21.3 Å². The average molecular weight is 386 g/mol. The van der Waals surface area contributed by atoms with E-state index in [4.69, 9.17) is 9.72 Å². The fourth-order valence-corrected chi connectivity index (χ4v) is 5.67. The Balaban J connectivity index is 1.72. The summed E-state index contributed by atoms with van der Waals surface area (Å²) in [5.74, 6) is 1.73. The third-order valence-corrected chi connectivity index (χ3v) is 7.05. The van der Waals surface area contributed by atoms with Gasteiger partial charge in [-0.1, -0.05) is 12.1 Å². The molecule has 1 saturated heterocycles. The van der Waals surface area contributed by atoms with E-state index < -0.39 is 0 Å². The lowest BCUT2D eigenvalue weighted by Gasteiger charge is -2.28. The summed E-state index contributed by atoms with van der Waals surface area (Å²) in [5, 5.41) is 5.18. The van der Waals surface area contributed by atoms with Gasteiger partial charge in [0.2, 0.25) is 0 Å². The third-order valence-electron chi connectivity index (χ3n) is 4.86. The lowest BCUT2D eigenvalue weighted by Crippen LogP contribution is -2.31. The molecule has 136 valence electrons.